The molecule has 0 radical (unpaired) electrons. The molecule has 0 rings (SSSR count). The Kier molecular flexibility index (Phi) is 7.23. The van der Waals surface area contributed by atoms with E-state index in [1.807, 2.05) is 13.8 Å². The largest absolute Gasteiger partial charge is 0.379 e. The second kappa shape index (κ2) is 7.30. The Morgan fingerprint density at radius 2 is 1.69 bits per heavy atom. The third-order valence-electron chi connectivity index (χ3n) is 1.80. The van der Waals surface area contributed by atoms with E-state index in [1.165, 1.54) is 0 Å². The van der Waals surface area contributed by atoms with E-state index in [-0.39, 0.29) is 12.1 Å². The Labute approximate surface area is 81.6 Å². The van der Waals surface area contributed by atoms with Crippen LogP contribution in [0.3, 0.4) is 0 Å². The molecule has 2 atom stereocenters. The van der Waals surface area contributed by atoms with Crippen molar-refractivity contribution in [2.24, 2.45) is 11.7 Å². The lowest BCUT2D eigenvalue weighted by atomic mass is 10.2. The van der Waals surface area contributed by atoms with Crippen LogP contribution in [0.2, 0.25) is 0 Å². The number of nitrogens with two attached hydrogens (primary N) is 1. The highest BCUT2D eigenvalue weighted by molar-refractivity contribution is 4.61. The average molecular weight is 189 g/mol. The van der Waals surface area contributed by atoms with Gasteiger partial charge < -0.3 is 15.2 Å². The molecule has 0 spiro atoms. The van der Waals surface area contributed by atoms with Crippen LogP contribution in [0.1, 0.15) is 27.7 Å². The van der Waals surface area contributed by atoms with E-state index in [1.54, 1.807) is 0 Å². The predicted octanol–water partition coefficient (Wildman–Crippen LogP) is 1.41. The van der Waals surface area contributed by atoms with Crippen LogP contribution < -0.4 is 5.73 Å². The van der Waals surface area contributed by atoms with Gasteiger partial charge in [0.15, 0.2) is 0 Å². The van der Waals surface area contributed by atoms with E-state index in [4.69, 9.17) is 15.2 Å². The quantitative estimate of drug-likeness (QED) is 0.616. The lowest BCUT2D eigenvalue weighted by molar-refractivity contribution is -0.000725. The van der Waals surface area contributed by atoms with Crippen LogP contribution in [0.4, 0.5) is 0 Å². The summed E-state index contributed by atoms with van der Waals surface area (Å²) in [4.78, 5) is 0. The van der Waals surface area contributed by atoms with Gasteiger partial charge in [0.25, 0.3) is 0 Å². The summed E-state index contributed by atoms with van der Waals surface area (Å²) in [5.74, 6) is 0.589. The van der Waals surface area contributed by atoms with Crippen molar-refractivity contribution in [2.75, 3.05) is 19.8 Å². The van der Waals surface area contributed by atoms with Crippen LogP contribution in [0.5, 0.6) is 0 Å². The summed E-state index contributed by atoms with van der Waals surface area (Å²) in [5.41, 5.74) is 5.63. The molecule has 0 aromatic rings. The zero-order chi connectivity index (χ0) is 10.3. The molecule has 3 heteroatoms. The predicted molar refractivity (Wildman–Crippen MR) is 54.7 cm³/mol. The highest BCUT2D eigenvalue weighted by Crippen LogP contribution is 1.96. The molecule has 0 aliphatic heterocycles. The van der Waals surface area contributed by atoms with Gasteiger partial charge in [-0.2, -0.15) is 0 Å². The standard InChI is InChI=1S/C10H23NO2/c1-8(2)7-12-5-6-13-10(4)9(3)11/h8-10H,5-7,11H2,1-4H3. The maximum absolute atomic E-state index is 5.63. The van der Waals surface area contributed by atoms with Gasteiger partial charge in [-0.3, -0.25) is 0 Å². The van der Waals surface area contributed by atoms with Crippen LogP contribution in [-0.4, -0.2) is 32.0 Å². The lowest BCUT2D eigenvalue weighted by Crippen LogP contribution is -2.32. The molecule has 0 heterocycles. The van der Waals surface area contributed by atoms with Crippen LogP contribution in [0, 0.1) is 5.92 Å². The average Bonchev–Trinajstić information content (AvgIpc) is 2.02. The summed E-state index contributed by atoms with van der Waals surface area (Å²) < 4.78 is 10.8. The van der Waals surface area contributed by atoms with E-state index in [0.717, 1.165) is 6.61 Å². The molecule has 0 aliphatic rings. The van der Waals surface area contributed by atoms with E-state index in [9.17, 15) is 0 Å². The van der Waals surface area contributed by atoms with Crippen LogP contribution >= 0.6 is 0 Å². The highest BCUT2D eigenvalue weighted by atomic mass is 16.5. The van der Waals surface area contributed by atoms with Crippen LogP contribution in [-0.2, 0) is 9.47 Å². The Bertz CT molecular complexity index is 115. The lowest BCUT2D eigenvalue weighted by Gasteiger charge is -2.16. The topological polar surface area (TPSA) is 44.5 Å². The minimum absolute atomic E-state index is 0.0881. The summed E-state index contributed by atoms with van der Waals surface area (Å²) in [6, 6.07) is 0.0881. The third kappa shape index (κ3) is 8.22. The van der Waals surface area contributed by atoms with Gasteiger partial charge in [0.2, 0.25) is 0 Å². The fraction of sp³-hybridized carbons (Fsp3) is 1.00. The minimum atomic E-state index is 0.0881. The molecule has 0 saturated carbocycles. The van der Waals surface area contributed by atoms with Crippen molar-refractivity contribution < 1.29 is 9.47 Å². The summed E-state index contributed by atoms with van der Waals surface area (Å²) in [6.07, 6.45) is 0.114. The fourth-order valence-electron chi connectivity index (χ4n) is 0.764. The van der Waals surface area contributed by atoms with E-state index in [2.05, 4.69) is 13.8 Å². The molecule has 2 N–H and O–H groups in total. The monoisotopic (exact) mass is 189 g/mol. The van der Waals surface area contributed by atoms with Gasteiger partial charge in [-0.1, -0.05) is 13.8 Å². The van der Waals surface area contributed by atoms with Crippen molar-refractivity contribution >= 4 is 0 Å². The molecule has 0 aliphatic carbocycles. The molecule has 0 aromatic carbocycles. The van der Waals surface area contributed by atoms with Gasteiger partial charge >= 0.3 is 0 Å². The number of hydrogen-bond acceptors (Lipinski definition) is 3. The van der Waals surface area contributed by atoms with Gasteiger partial charge in [-0.05, 0) is 19.8 Å². The first-order valence-corrected chi connectivity index (χ1v) is 4.99. The third-order valence-corrected chi connectivity index (χ3v) is 1.80. The van der Waals surface area contributed by atoms with Crippen molar-refractivity contribution in [3.8, 4) is 0 Å². The van der Waals surface area contributed by atoms with E-state index >= 15 is 0 Å². The minimum Gasteiger partial charge on any atom is -0.379 e. The number of rotatable bonds is 7. The highest BCUT2D eigenvalue weighted by Gasteiger charge is 2.06. The molecule has 3 nitrogen and oxygen atoms in total. The molecule has 0 saturated heterocycles. The first kappa shape index (κ1) is 12.9. The fourth-order valence-corrected chi connectivity index (χ4v) is 0.764. The molecule has 0 bridgehead atoms. The molecule has 0 aromatic heterocycles. The first-order chi connectivity index (χ1) is 6.04. The SMILES string of the molecule is CC(C)COCCOC(C)C(C)N. The van der Waals surface area contributed by atoms with Crippen molar-refractivity contribution in [3.05, 3.63) is 0 Å². The van der Waals surface area contributed by atoms with Crippen molar-refractivity contribution in [2.45, 2.75) is 39.8 Å². The summed E-state index contributed by atoms with van der Waals surface area (Å²) in [7, 11) is 0. The smallest absolute Gasteiger partial charge is 0.0704 e. The molecule has 2 unspecified atom stereocenters. The van der Waals surface area contributed by atoms with Crippen LogP contribution in [0.15, 0.2) is 0 Å². The van der Waals surface area contributed by atoms with Gasteiger partial charge in [-0.15, -0.1) is 0 Å². The molecule has 80 valence electrons. The number of hydrogen-bond donors (Lipinski definition) is 1. The maximum Gasteiger partial charge on any atom is 0.0704 e. The normalized spacial score (nSPS) is 16.2. The van der Waals surface area contributed by atoms with E-state index < -0.39 is 0 Å². The Morgan fingerprint density at radius 3 is 2.15 bits per heavy atom. The molecule has 0 amide bonds. The summed E-state index contributed by atoms with van der Waals surface area (Å²) >= 11 is 0. The maximum atomic E-state index is 5.63. The van der Waals surface area contributed by atoms with Crippen molar-refractivity contribution in [1.29, 1.82) is 0 Å². The zero-order valence-corrected chi connectivity index (χ0v) is 9.25. The molecular weight excluding hydrogens is 166 g/mol. The van der Waals surface area contributed by atoms with E-state index in [0.29, 0.717) is 19.1 Å². The van der Waals surface area contributed by atoms with Gasteiger partial charge in [0.05, 0.1) is 19.3 Å². The second-order valence-electron chi connectivity index (χ2n) is 3.90. The van der Waals surface area contributed by atoms with Crippen molar-refractivity contribution in [1.82, 2.24) is 0 Å². The van der Waals surface area contributed by atoms with Gasteiger partial charge in [0, 0.05) is 12.6 Å². The Morgan fingerprint density at radius 1 is 1.08 bits per heavy atom. The Hall–Kier alpha value is -0.120. The van der Waals surface area contributed by atoms with Gasteiger partial charge in [-0.25, -0.2) is 0 Å². The first-order valence-electron chi connectivity index (χ1n) is 4.99. The van der Waals surface area contributed by atoms with Gasteiger partial charge in [0.1, 0.15) is 0 Å². The molecule has 0 fully saturated rings. The Balaban J connectivity index is 3.16. The number of ether oxygens (including phenoxy) is 2. The molecular formula is C10H23NO2. The summed E-state index contributed by atoms with van der Waals surface area (Å²) in [6.45, 7) is 10.3. The second-order valence-corrected chi connectivity index (χ2v) is 3.90. The summed E-state index contributed by atoms with van der Waals surface area (Å²) in [5, 5.41) is 0. The van der Waals surface area contributed by atoms with Crippen LogP contribution in [0.25, 0.3) is 0 Å². The zero-order valence-electron chi connectivity index (χ0n) is 9.25. The van der Waals surface area contributed by atoms with Crippen molar-refractivity contribution in [3.63, 3.8) is 0 Å². The molecule has 13 heavy (non-hydrogen) atoms.